The second-order valence-corrected chi connectivity index (χ2v) is 8.88. The third-order valence-electron chi connectivity index (χ3n) is 6.68. The summed E-state index contributed by atoms with van der Waals surface area (Å²) in [6.45, 7) is 1.82. The Morgan fingerprint density at radius 1 is 0.844 bits per heavy atom. The van der Waals surface area contributed by atoms with Crippen molar-refractivity contribution in [2.24, 2.45) is 11.1 Å². The van der Waals surface area contributed by atoms with Gasteiger partial charge in [0, 0.05) is 6.42 Å². The van der Waals surface area contributed by atoms with Gasteiger partial charge in [0.15, 0.2) is 0 Å². The van der Waals surface area contributed by atoms with Gasteiger partial charge in [-0.3, -0.25) is 9.59 Å². The van der Waals surface area contributed by atoms with Gasteiger partial charge in [-0.05, 0) is 73.4 Å². The first kappa shape index (κ1) is 23.6. The number of nitrogens with two attached hydrogens (primary N) is 1. The number of benzene rings is 2. The van der Waals surface area contributed by atoms with E-state index in [0.29, 0.717) is 32.1 Å². The van der Waals surface area contributed by atoms with E-state index >= 15 is 0 Å². The quantitative estimate of drug-likeness (QED) is 0.666. The zero-order valence-corrected chi connectivity index (χ0v) is 18.8. The van der Waals surface area contributed by atoms with Crippen LogP contribution < -0.4 is 15.2 Å². The highest BCUT2D eigenvalue weighted by Crippen LogP contribution is 2.39. The molecule has 0 heterocycles. The molecule has 0 spiro atoms. The molecule has 2 aliphatic rings. The van der Waals surface area contributed by atoms with Gasteiger partial charge in [0.2, 0.25) is 0 Å². The normalized spacial score (nSPS) is 23.6. The van der Waals surface area contributed by atoms with E-state index in [-0.39, 0.29) is 0 Å². The molecule has 2 atom stereocenters. The lowest BCUT2D eigenvalue weighted by atomic mass is 9.73. The minimum atomic E-state index is -1.13. The Balaban J connectivity index is 0.000000181. The molecular weight excluding hydrogens is 410 g/mol. The molecule has 0 fully saturated rings. The van der Waals surface area contributed by atoms with Gasteiger partial charge in [0.25, 0.3) is 0 Å². The summed E-state index contributed by atoms with van der Waals surface area (Å²) in [7, 11) is 3.28. The fourth-order valence-electron chi connectivity index (χ4n) is 4.55. The molecule has 0 aromatic heterocycles. The van der Waals surface area contributed by atoms with Crippen LogP contribution in [0.1, 0.15) is 42.0 Å². The Labute approximate surface area is 188 Å². The molecule has 4 rings (SSSR count). The number of fused-ring (bicyclic) bond motifs is 2. The molecule has 2 unspecified atom stereocenters. The van der Waals surface area contributed by atoms with Crippen LogP contribution in [0.15, 0.2) is 36.4 Å². The van der Waals surface area contributed by atoms with Crippen molar-refractivity contribution in [3.05, 3.63) is 58.7 Å². The second-order valence-electron chi connectivity index (χ2n) is 8.88. The molecule has 32 heavy (non-hydrogen) atoms. The Kier molecular flexibility index (Phi) is 6.79. The van der Waals surface area contributed by atoms with Gasteiger partial charge < -0.3 is 25.4 Å². The number of carbonyl (C=O) groups is 2. The number of methoxy groups -OCH3 is 2. The van der Waals surface area contributed by atoms with Crippen LogP contribution in [0.5, 0.6) is 11.5 Å². The van der Waals surface area contributed by atoms with E-state index in [2.05, 4.69) is 0 Å². The standard InChI is InChI=1S/C13H16O3.C12H15NO3/c1-13(12(14)15)7-6-10-9(8-13)4-3-5-11(10)16-2;1-16-10-4-2-3-8-7-12(13,11(14)15)6-5-9(8)10/h3-5H,6-8H2,1-2H3,(H,14,15);2-4H,5-7,13H2,1H3,(H,14,15). The van der Waals surface area contributed by atoms with E-state index < -0.39 is 22.9 Å². The van der Waals surface area contributed by atoms with E-state index in [0.717, 1.165) is 34.6 Å². The van der Waals surface area contributed by atoms with Gasteiger partial charge >= 0.3 is 11.9 Å². The number of hydrogen-bond acceptors (Lipinski definition) is 5. The van der Waals surface area contributed by atoms with Crippen LogP contribution in [0.4, 0.5) is 0 Å². The Morgan fingerprint density at radius 3 is 1.81 bits per heavy atom. The lowest BCUT2D eigenvalue weighted by Gasteiger charge is -2.31. The average molecular weight is 442 g/mol. The predicted molar refractivity (Wildman–Crippen MR) is 120 cm³/mol. The Hall–Kier alpha value is -3.06. The molecule has 7 nitrogen and oxygen atoms in total. The lowest BCUT2D eigenvalue weighted by molar-refractivity contribution is -0.148. The van der Waals surface area contributed by atoms with Crippen LogP contribution in [-0.2, 0) is 35.3 Å². The number of carboxylic acid groups (broad SMARTS) is 2. The Morgan fingerprint density at radius 2 is 1.34 bits per heavy atom. The summed E-state index contributed by atoms with van der Waals surface area (Å²) < 4.78 is 10.5. The van der Waals surface area contributed by atoms with E-state index in [1.807, 2.05) is 43.3 Å². The first-order valence-corrected chi connectivity index (χ1v) is 10.7. The van der Waals surface area contributed by atoms with E-state index in [1.54, 1.807) is 14.2 Å². The fraction of sp³-hybridized carbons (Fsp3) is 0.440. The molecule has 2 aromatic carbocycles. The van der Waals surface area contributed by atoms with E-state index in [9.17, 15) is 14.7 Å². The minimum absolute atomic E-state index is 0.370. The summed E-state index contributed by atoms with van der Waals surface area (Å²) in [5.74, 6) is 0.0665. The summed E-state index contributed by atoms with van der Waals surface area (Å²) in [4.78, 5) is 22.3. The van der Waals surface area contributed by atoms with E-state index in [4.69, 9.17) is 20.3 Å². The monoisotopic (exact) mass is 441 g/mol. The zero-order valence-electron chi connectivity index (χ0n) is 18.8. The van der Waals surface area contributed by atoms with Crippen LogP contribution in [0.25, 0.3) is 0 Å². The van der Waals surface area contributed by atoms with Crippen molar-refractivity contribution in [2.45, 2.75) is 51.0 Å². The largest absolute Gasteiger partial charge is 0.496 e. The molecular formula is C25H31NO6. The second kappa shape index (κ2) is 9.20. The molecule has 172 valence electrons. The van der Waals surface area contributed by atoms with Crippen molar-refractivity contribution in [3.8, 4) is 11.5 Å². The third kappa shape index (κ3) is 4.58. The maximum Gasteiger partial charge on any atom is 0.324 e. The highest BCUT2D eigenvalue weighted by Gasteiger charge is 2.39. The maximum absolute atomic E-state index is 11.2. The number of rotatable bonds is 4. The highest BCUT2D eigenvalue weighted by molar-refractivity contribution is 5.79. The summed E-state index contributed by atoms with van der Waals surface area (Å²) >= 11 is 0. The SMILES string of the molecule is COc1cccc2c1CCC(C)(C(=O)O)C2.COc1cccc2c1CCC(N)(C(=O)O)C2. The van der Waals surface area contributed by atoms with Gasteiger partial charge in [0.05, 0.1) is 19.6 Å². The van der Waals surface area contributed by atoms with E-state index in [1.165, 1.54) is 5.56 Å². The molecule has 4 N–H and O–H groups in total. The van der Waals surface area contributed by atoms with Crippen molar-refractivity contribution in [1.82, 2.24) is 0 Å². The highest BCUT2D eigenvalue weighted by atomic mass is 16.5. The molecule has 0 amide bonds. The molecule has 0 aliphatic heterocycles. The maximum atomic E-state index is 11.2. The fourth-order valence-corrected chi connectivity index (χ4v) is 4.55. The summed E-state index contributed by atoms with van der Waals surface area (Å²) in [6, 6.07) is 11.5. The van der Waals surface area contributed by atoms with Gasteiger partial charge in [-0.1, -0.05) is 24.3 Å². The third-order valence-corrected chi connectivity index (χ3v) is 6.68. The van der Waals surface area contributed by atoms with Crippen molar-refractivity contribution >= 4 is 11.9 Å². The smallest absolute Gasteiger partial charge is 0.324 e. The Bertz CT molecular complexity index is 938. The molecule has 2 aromatic rings. The molecule has 0 saturated heterocycles. The van der Waals surface area contributed by atoms with Gasteiger partial charge in [-0.2, -0.15) is 0 Å². The molecule has 7 heteroatoms. The number of hydrogen-bond donors (Lipinski definition) is 3. The first-order valence-electron chi connectivity index (χ1n) is 10.7. The minimum Gasteiger partial charge on any atom is -0.496 e. The van der Waals surface area contributed by atoms with Crippen LogP contribution in [-0.4, -0.2) is 41.9 Å². The van der Waals surface area contributed by atoms with Crippen molar-refractivity contribution in [2.75, 3.05) is 14.2 Å². The van der Waals surface area contributed by atoms with Gasteiger partial charge in [-0.25, -0.2) is 0 Å². The topological polar surface area (TPSA) is 119 Å². The molecule has 0 radical (unpaired) electrons. The summed E-state index contributed by atoms with van der Waals surface area (Å²) in [6.07, 6.45) is 3.53. The van der Waals surface area contributed by atoms with Crippen molar-refractivity contribution in [1.29, 1.82) is 0 Å². The number of aliphatic carboxylic acids is 2. The molecule has 2 aliphatic carbocycles. The average Bonchev–Trinajstić information content (AvgIpc) is 2.78. The van der Waals surface area contributed by atoms with Crippen molar-refractivity contribution < 1.29 is 29.3 Å². The summed E-state index contributed by atoms with van der Waals surface area (Å²) in [5.41, 5.74) is 8.47. The van der Waals surface area contributed by atoms with Crippen LogP contribution in [0, 0.1) is 5.41 Å². The van der Waals surface area contributed by atoms with Gasteiger partial charge in [0.1, 0.15) is 17.0 Å². The number of ether oxygens (including phenoxy) is 2. The zero-order chi connectivity index (χ0) is 23.5. The van der Waals surface area contributed by atoms with Crippen LogP contribution in [0.2, 0.25) is 0 Å². The summed E-state index contributed by atoms with van der Waals surface area (Å²) in [5, 5.41) is 18.3. The molecule has 0 bridgehead atoms. The first-order chi connectivity index (χ1) is 15.1. The number of carboxylic acids is 2. The van der Waals surface area contributed by atoms with Gasteiger partial charge in [-0.15, -0.1) is 0 Å². The van der Waals surface area contributed by atoms with Crippen LogP contribution in [0.3, 0.4) is 0 Å². The molecule has 0 saturated carbocycles. The predicted octanol–water partition coefficient (Wildman–Crippen LogP) is 3.24. The van der Waals surface area contributed by atoms with Crippen LogP contribution >= 0.6 is 0 Å². The lowest BCUT2D eigenvalue weighted by Crippen LogP contribution is -2.52. The van der Waals surface area contributed by atoms with Crippen molar-refractivity contribution in [3.63, 3.8) is 0 Å².